The Kier molecular flexibility index (Phi) is 4.76. The van der Waals surface area contributed by atoms with Crippen LogP contribution in [0.25, 0.3) is 0 Å². The Bertz CT molecular complexity index is 614. The fourth-order valence-electron chi connectivity index (χ4n) is 5.06. The standard InChI is InChI=1S/C20H30N4O2/c1-3-5-12-11-15(12)23-20(21-4-2)22-8-9-24-18(25)16-13-6-7-14(10-13)17(16)19(24)26/h6-7,12-17H,3-5,8-11H2,1-2H3,(H2,21,22,23). The molecule has 3 aliphatic carbocycles. The van der Waals surface area contributed by atoms with E-state index in [9.17, 15) is 9.59 Å². The average Bonchev–Trinajstić information content (AvgIpc) is 2.97. The van der Waals surface area contributed by atoms with Crippen molar-refractivity contribution < 1.29 is 9.59 Å². The molecule has 1 heterocycles. The van der Waals surface area contributed by atoms with Crippen molar-refractivity contribution in [2.75, 3.05) is 19.6 Å². The lowest BCUT2D eigenvalue weighted by Gasteiger charge is -2.17. The highest BCUT2D eigenvalue weighted by Gasteiger charge is 2.58. The van der Waals surface area contributed by atoms with E-state index in [1.165, 1.54) is 24.2 Å². The number of imide groups is 1. The number of guanidine groups is 1. The average molecular weight is 358 g/mol. The molecule has 26 heavy (non-hydrogen) atoms. The van der Waals surface area contributed by atoms with E-state index in [1.54, 1.807) is 0 Å². The number of carbonyl (C=O) groups excluding carboxylic acids is 2. The first-order chi connectivity index (χ1) is 12.6. The summed E-state index contributed by atoms with van der Waals surface area (Å²) >= 11 is 0. The van der Waals surface area contributed by atoms with Gasteiger partial charge in [0, 0.05) is 19.1 Å². The summed E-state index contributed by atoms with van der Waals surface area (Å²) in [5.41, 5.74) is 0. The number of hydrogen-bond donors (Lipinski definition) is 2. The highest BCUT2D eigenvalue weighted by atomic mass is 16.2. The minimum absolute atomic E-state index is 0.0233. The second-order valence-electron chi connectivity index (χ2n) is 8.12. The summed E-state index contributed by atoms with van der Waals surface area (Å²) in [5.74, 6) is 1.96. The lowest BCUT2D eigenvalue weighted by atomic mass is 9.85. The maximum absolute atomic E-state index is 12.7. The van der Waals surface area contributed by atoms with Crippen molar-refractivity contribution in [3.63, 3.8) is 0 Å². The molecule has 6 unspecified atom stereocenters. The maximum atomic E-state index is 12.7. The Morgan fingerprint density at radius 3 is 2.46 bits per heavy atom. The van der Waals surface area contributed by atoms with Gasteiger partial charge in [-0.25, -0.2) is 0 Å². The van der Waals surface area contributed by atoms with Crippen LogP contribution in [0.3, 0.4) is 0 Å². The summed E-state index contributed by atoms with van der Waals surface area (Å²) in [5, 5.41) is 6.75. The Morgan fingerprint density at radius 1 is 1.15 bits per heavy atom. The fourth-order valence-corrected chi connectivity index (χ4v) is 5.06. The third-order valence-electron chi connectivity index (χ3n) is 6.40. The van der Waals surface area contributed by atoms with Crippen LogP contribution in [0.15, 0.2) is 17.1 Å². The van der Waals surface area contributed by atoms with E-state index in [-0.39, 0.29) is 35.5 Å². The van der Waals surface area contributed by atoms with Crippen molar-refractivity contribution in [3.05, 3.63) is 12.2 Å². The number of fused-ring (bicyclic) bond motifs is 5. The van der Waals surface area contributed by atoms with Crippen molar-refractivity contribution in [1.82, 2.24) is 15.5 Å². The Hall–Kier alpha value is -1.85. The first-order valence-corrected chi connectivity index (χ1v) is 10.2. The quantitative estimate of drug-likeness (QED) is 0.313. The summed E-state index contributed by atoms with van der Waals surface area (Å²) in [6.07, 6.45) is 8.93. The third-order valence-corrected chi connectivity index (χ3v) is 6.40. The molecular weight excluding hydrogens is 328 g/mol. The first-order valence-electron chi connectivity index (χ1n) is 10.2. The highest BCUT2D eigenvalue weighted by molar-refractivity contribution is 6.06. The molecule has 2 bridgehead atoms. The smallest absolute Gasteiger partial charge is 0.233 e. The third kappa shape index (κ3) is 3.03. The molecular formula is C20H30N4O2. The zero-order chi connectivity index (χ0) is 18.3. The van der Waals surface area contributed by atoms with Gasteiger partial charge in [0.05, 0.1) is 18.4 Å². The second-order valence-corrected chi connectivity index (χ2v) is 8.12. The first kappa shape index (κ1) is 17.6. The van der Waals surface area contributed by atoms with Crippen LogP contribution in [0.4, 0.5) is 0 Å². The van der Waals surface area contributed by atoms with Crippen LogP contribution in [0, 0.1) is 29.6 Å². The Balaban J connectivity index is 1.32. The molecule has 3 fully saturated rings. The number of carbonyl (C=O) groups is 2. The molecule has 0 radical (unpaired) electrons. The molecule has 4 aliphatic rings. The van der Waals surface area contributed by atoms with Crippen LogP contribution < -0.4 is 10.6 Å². The summed E-state index contributed by atoms with van der Waals surface area (Å²) in [6.45, 7) is 5.92. The lowest BCUT2D eigenvalue weighted by molar-refractivity contribution is -0.140. The molecule has 0 aromatic heterocycles. The van der Waals surface area contributed by atoms with E-state index >= 15 is 0 Å². The van der Waals surface area contributed by atoms with Gasteiger partial charge in [0.1, 0.15) is 0 Å². The molecule has 2 saturated carbocycles. The maximum Gasteiger partial charge on any atom is 0.233 e. The second kappa shape index (κ2) is 7.05. The van der Waals surface area contributed by atoms with Crippen LogP contribution in [-0.2, 0) is 9.59 Å². The predicted octanol–water partition coefficient (Wildman–Crippen LogP) is 1.54. The van der Waals surface area contributed by atoms with Gasteiger partial charge in [-0.2, -0.15) is 0 Å². The van der Waals surface area contributed by atoms with Crippen molar-refractivity contribution in [1.29, 1.82) is 0 Å². The number of allylic oxidation sites excluding steroid dienone is 2. The van der Waals surface area contributed by atoms with E-state index < -0.39 is 0 Å². The van der Waals surface area contributed by atoms with Crippen molar-refractivity contribution in [2.45, 2.75) is 45.6 Å². The molecule has 142 valence electrons. The van der Waals surface area contributed by atoms with Crippen LogP contribution in [0.1, 0.15) is 39.5 Å². The Labute approximate surface area is 155 Å². The summed E-state index contributed by atoms with van der Waals surface area (Å²) in [6, 6.07) is 0.517. The SMILES string of the molecule is CCCC1CC1NC(=NCCN1C(=O)C2C3C=CC(C3)C2C1=O)NCC. The van der Waals surface area contributed by atoms with Gasteiger partial charge in [-0.1, -0.05) is 25.5 Å². The molecule has 0 aromatic rings. The van der Waals surface area contributed by atoms with Gasteiger partial charge < -0.3 is 10.6 Å². The topological polar surface area (TPSA) is 73.8 Å². The van der Waals surface area contributed by atoms with Crippen LogP contribution in [-0.4, -0.2) is 48.3 Å². The van der Waals surface area contributed by atoms with Gasteiger partial charge in [-0.05, 0) is 43.9 Å². The molecule has 4 rings (SSSR count). The van der Waals surface area contributed by atoms with E-state index in [0.29, 0.717) is 19.1 Å². The molecule has 2 amide bonds. The molecule has 1 saturated heterocycles. The molecule has 6 heteroatoms. The van der Waals surface area contributed by atoms with Crippen LogP contribution in [0.5, 0.6) is 0 Å². The Morgan fingerprint density at radius 2 is 1.85 bits per heavy atom. The number of rotatable bonds is 7. The van der Waals surface area contributed by atoms with E-state index in [1.807, 2.05) is 6.92 Å². The number of hydrogen-bond acceptors (Lipinski definition) is 3. The normalized spacial score (nSPS) is 37.5. The van der Waals surface area contributed by atoms with Gasteiger partial charge in [0.2, 0.25) is 11.8 Å². The number of aliphatic imine (C=N–C) groups is 1. The molecule has 2 N–H and O–H groups in total. The number of nitrogens with one attached hydrogen (secondary N) is 2. The van der Waals surface area contributed by atoms with Gasteiger partial charge in [0.25, 0.3) is 0 Å². The predicted molar refractivity (Wildman–Crippen MR) is 100 cm³/mol. The van der Waals surface area contributed by atoms with Gasteiger partial charge >= 0.3 is 0 Å². The molecule has 0 spiro atoms. The number of likely N-dealkylation sites (tertiary alicyclic amines) is 1. The monoisotopic (exact) mass is 358 g/mol. The summed E-state index contributed by atoms with van der Waals surface area (Å²) in [4.78, 5) is 31.4. The van der Waals surface area contributed by atoms with E-state index in [4.69, 9.17) is 0 Å². The van der Waals surface area contributed by atoms with Gasteiger partial charge in [-0.3, -0.25) is 19.5 Å². The zero-order valence-corrected chi connectivity index (χ0v) is 15.8. The van der Waals surface area contributed by atoms with E-state index in [2.05, 4.69) is 34.7 Å². The zero-order valence-electron chi connectivity index (χ0n) is 15.8. The minimum Gasteiger partial charge on any atom is -0.357 e. The molecule has 1 aliphatic heterocycles. The number of amides is 2. The van der Waals surface area contributed by atoms with Crippen LogP contribution >= 0.6 is 0 Å². The van der Waals surface area contributed by atoms with Gasteiger partial charge in [0.15, 0.2) is 5.96 Å². The highest BCUT2D eigenvalue weighted by Crippen LogP contribution is 2.52. The minimum atomic E-state index is -0.103. The number of nitrogens with zero attached hydrogens (tertiary/aromatic N) is 2. The summed E-state index contributed by atoms with van der Waals surface area (Å²) in [7, 11) is 0. The van der Waals surface area contributed by atoms with Crippen LogP contribution in [0.2, 0.25) is 0 Å². The van der Waals surface area contributed by atoms with Gasteiger partial charge in [-0.15, -0.1) is 0 Å². The van der Waals surface area contributed by atoms with Crippen molar-refractivity contribution >= 4 is 17.8 Å². The fraction of sp³-hybridized carbons (Fsp3) is 0.750. The molecule has 6 atom stereocenters. The molecule has 0 aromatic carbocycles. The molecule has 6 nitrogen and oxygen atoms in total. The van der Waals surface area contributed by atoms with Crippen molar-refractivity contribution in [2.24, 2.45) is 34.6 Å². The largest absolute Gasteiger partial charge is 0.357 e. The summed E-state index contributed by atoms with van der Waals surface area (Å²) < 4.78 is 0. The van der Waals surface area contributed by atoms with E-state index in [0.717, 1.165) is 24.8 Å². The van der Waals surface area contributed by atoms with Crippen molar-refractivity contribution in [3.8, 4) is 0 Å². The lowest BCUT2D eigenvalue weighted by Crippen LogP contribution is -2.40.